The Balaban J connectivity index is 1.79. The van der Waals surface area contributed by atoms with E-state index in [9.17, 15) is 0 Å². The van der Waals surface area contributed by atoms with Crippen molar-refractivity contribution in [1.82, 2.24) is 10.6 Å². The summed E-state index contributed by atoms with van der Waals surface area (Å²) in [4.78, 5) is 0. The Morgan fingerprint density at radius 1 is 0.933 bits per heavy atom. The molecule has 1 aliphatic carbocycles. The molecule has 1 aliphatic heterocycles. The lowest BCUT2D eigenvalue weighted by atomic mass is 9.94. The largest absolute Gasteiger partial charge is 0.317 e. The third-order valence-electron chi connectivity index (χ3n) is 4.15. The van der Waals surface area contributed by atoms with Gasteiger partial charge in [-0.25, -0.2) is 0 Å². The van der Waals surface area contributed by atoms with Gasteiger partial charge in [-0.15, -0.1) is 0 Å². The van der Waals surface area contributed by atoms with Crippen LogP contribution in [0.3, 0.4) is 0 Å². The molecule has 0 bridgehead atoms. The first-order valence-corrected chi connectivity index (χ1v) is 6.83. The normalized spacial score (nSPS) is 35.0. The van der Waals surface area contributed by atoms with Crippen LogP contribution in [0.5, 0.6) is 0 Å². The lowest BCUT2D eigenvalue weighted by Gasteiger charge is -2.31. The standard InChI is InChI=1S/C13H26N2/c1-11-5-3-2-4-6-13(11)15-12-7-9-14-10-8-12/h11-15H,2-10H2,1H3. The highest BCUT2D eigenvalue weighted by atomic mass is 15.0. The van der Waals surface area contributed by atoms with Crippen LogP contribution in [0.4, 0.5) is 0 Å². The van der Waals surface area contributed by atoms with Crippen molar-refractivity contribution < 1.29 is 0 Å². The maximum absolute atomic E-state index is 3.91. The highest BCUT2D eigenvalue weighted by Crippen LogP contribution is 2.24. The van der Waals surface area contributed by atoms with E-state index in [1.54, 1.807) is 0 Å². The third kappa shape index (κ3) is 3.46. The molecule has 88 valence electrons. The smallest absolute Gasteiger partial charge is 0.00953 e. The Kier molecular flexibility index (Phi) is 4.45. The van der Waals surface area contributed by atoms with E-state index in [1.165, 1.54) is 58.0 Å². The molecule has 1 saturated heterocycles. The molecular weight excluding hydrogens is 184 g/mol. The number of rotatable bonds is 2. The van der Waals surface area contributed by atoms with E-state index in [-0.39, 0.29) is 0 Å². The monoisotopic (exact) mass is 210 g/mol. The van der Waals surface area contributed by atoms with Gasteiger partial charge in [-0.05, 0) is 44.7 Å². The SMILES string of the molecule is CC1CCCCCC1NC1CCNCC1. The Morgan fingerprint density at radius 3 is 2.47 bits per heavy atom. The molecule has 2 atom stereocenters. The molecule has 1 heterocycles. The van der Waals surface area contributed by atoms with Crippen molar-refractivity contribution in [3.63, 3.8) is 0 Å². The summed E-state index contributed by atoms with van der Waals surface area (Å²) in [5, 5.41) is 7.34. The summed E-state index contributed by atoms with van der Waals surface area (Å²) in [6.07, 6.45) is 9.83. The van der Waals surface area contributed by atoms with Gasteiger partial charge in [0, 0.05) is 12.1 Å². The quantitative estimate of drug-likeness (QED) is 0.683. The Morgan fingerprint density at radius 2 is 1.67 bits per heavy atom. The maximum Gasteiger partial charge on any atom is 0.00953 e. The molecule has 0 radical (unpaired) electrons. The second kappa shape index (κ2) is 5.86. The van der Waals surface area contributed by atoms with Gasteiger partial charge in [0.25, 0.3) is 0 Å². The average Bonchev–Trinajstić information content (AvgIpc) is 2.46. The minimum atomic E-state index is 0.789. The second-order valence-electron chi connectivity index (χ2n) is 5.41. The van der Waals surface area contributed by atoms with E-state index >= 15 is 0 Å². The summed E-state index contributed by atoms with van der Waals surface area (Å²) >= 11 is 0. The zero-order valence-corrected chi connectivity index (χ0v) is 10.1. The molecule has 15 heavy (non-hydrogen) atoms. The molecule has 2 aliphatic rings. The first kappa shape index (κ1) is 11.4. The molecule has 2 N–H and O–H groups in total. The van der Waals surface area contributed by atoms with E-state index < -0.39 is 0 Å². The fourth-order valence-corrected chi connectivity index (χ4v) is 3.03. The first-order valence-electron chi connectivity index (χ1n) is 6.83. The summed E-state index contributed by atoms with van der Waals surface area (Å²) in [6, 6.07) is 1.59. The van der Waals surface area contributed by atoms with Gasteiger partial charge in [0.15, 0.2) is 0 Å². The van der Waals surface area contributed by atoms with Gasteiger partial charge in [-0.3, -0.25) is 0 Å². The van der Waals surface area contributed by atoms with Crippen molar-refractivity contribution in [2.45, 2.75) is 64.0 Å². The van der Waals surface area contributed by atoms with Crippen LogP contribution in [0, 0.1) is 5.92 Å². The molecule has 0 aromatic heterocycles. The van der Waals surface area contributed by atoms with Crippen molar-refractivity contribution >= 4 is 0 Å². The average molecular weight is 210 g/mol. The number of piperidine rings is 1. The van der Waals surface area contributed by atoms with Crippen LogP contribution in [0.25, 0.3) is 0 Å². The fraction of sp³-hybridized carbons (Fsp3) is 1.00. The van der Waals surface area contributed by atoms with Crippen LogP contribution in [0.2, 0.25) is 0 Å². The zero-order chi connectivity index (χ0) is 10.5. The number of nitrogens with one attached hydrogen (secondary N) is 2. The summed E-state index contributed by atoms with van der Waals surface area (Å²) in [7, 11) is 0. The predicted octanol–water partition coefficient (Wildman–Crippen LogP) is 2.30. The molecular formula is C13H26N2. The van der Waals surface area contributed by atoms with Crippen molar-refractivity contribution in [2.24, 2.45) is 5.92 Å². The fourth-order valence-electron chi connectivity index (χ4n) is 3.03. The molecule has 0 spiro atoms. The van der Waals surface area contributed by atoms with E-state index in [1.807, 2.05) is 0 Å². The summed E-state index contributed by atoms with van der Waals surface area (Å²) < 4.78 is 0. The van der Waals surface area contributed by atoms with Gasteiger partial charge in [0.2, 0.25) is 0 Å². The Hall–Kier alpha value is -0.0800. The van der Waals surface area contributed by atoms with E-state index in [2.05, 4.69) is 17.6 Å². The van der Waals surface area contributed by atoms with Crippen molar-refractivity contribution in [3.05, 3.63) is 0 Å². The minimum absolute atomic E-state index is 0.789. The van der Waals surface area contributed by atoms with E-state index in [0.717, 1.165) is 18.0 Å². The van der Waals surface area contributed by atoms with Gasteiger partial charge < -0.3 is 10.6 Å². The third-order valence-corrected chi connectivity index (χ3v) is 4.15. The predicted molar refractivity (Wildman–Crippen MR) is 65.1 cm³/mol. The van der Waals surface area contributed by atoms with Gasteiger partial charge in [-0.1, -0.05) is 26.2 Å². The Bertz CT molecular complexity index is 175. The highest BCUT2D eigenvalue weighted by molar-refractivity contribution is 4.83. The van der Waals surface area contributed by atoms with Crippen LogP contribution in [-0.4, -0.2) is 25.2 Å². The molecule has 2 unspecified atom stereocenters. The summed E-state index contributed by atoms with van der Waals surface area (Å²) in [5.74, 6) is 0.891. The number of hydrogen-bond acceptors (Lipinski definition) is 2. The van der Waals surface area contributed by atoms with Crippen LogP contribution in [-0.2, 0) is 0 Å². The van der Waals surface area contributed by atoms with Gasteiger partial charge in [0.1, 0.15) is 0 Å². The lowest BCUT2D eigenvalue weighted by Crippen LogP contribution is -2.46. The topological polar surface area (TPSA) is 24.1 Å². The Labute approximate surface area is 94.2 Å². The summed E-state index contributed by atoms with van der Waals surface area (Å²) in [5.41, 5.74) is 0. The molecule has 0 amide bonds. The van der Waals surface area contributed by atoms with Crippen LogP contribution in [0.15, 0.2) is 0 Å². The van der Waals surface area contributed by atoms with Crippen LogP contribution in [0.1, 0.15) is 51.9 Å². The van der Waals surface area contributed by atoms with Crippen LogP contribution < -0.4 is 10.6 Å². The zero-order valence-electron chi connectivity index (χ0n) is 10.1. The van der Waals surface area contributed by atoms with Crippen molar-refractivity contribution in [3.8, 4) is 0 Å². The molecule has 0 aromatic carbocycles. The maximum atomic E-state index is 3.91. The molecule has 2 heteroatoms. The molecule has 2 nitrogen and oxygen atoms in total. The highest BCUT2D eigenvalue weighted by Gasteiger charge is 2.23. The molecule has 2 rings (SSSR count). The lowest BCUT2D eigenvalue weighted by molar-refractivity contribution is 0.285. The first-order chi connectivity index (χ1) is 7.36. The van der Waals surface area contributed by atoms with Crippen molar-refractivity contribution in [2.75, 3.05) is 13.1 Å². The van der Waals surface area contributed by atoms with E-state index in [0.29, 0.717) is 0 Å². The van der Waals surface area contributed by atoms with Gasteiger partial charge in [-0.2, -0.15) is 0 Å². The van der Waals surface area contributed by atoms with Crippen LogP contribution >= 0.6 is 0 Å². The van der Waals surface area contributed by atoms with Gasteiger partial charge in [0.05, 0.1) is 0 Å². The minimum Gasteiger partial charge on any atom is -0.317 e. The van der Waals surface area contributed by atoms with Crippen molar-refractivity contribution in [1.29, 1.82) is 0 Å². The summed E-state index contributed by atoms with van der Waals surface area (Å²) in [6.45, 7) is 4.85. The molecule has 2 fully saturated rings. The van der Waals surface area contributed by atoms with E-state index in [4.69, 9.17) is 0 Å². The van der Waals surface area contributed by atoms with Gasteiger partial charge >= 0.3 is 0 Å². The second-order valence-corrected chi connectivity index (χ2v) is 5.41. The molecule has 1 saturated carbocycles. The number of hydrogen-bond donors (Lipinski definition) is 2. The molecule has 0 aromatic rings.